The number of fused-ring (bicyclic) bond motifs is 3. The maximum atomic E-state index is 9.36. The monoisotopic (exact) mass is 478 g/mol. The summed E-state index contributed by atoms with van der Waals surface area (Å²) in [5.41, 5.74) is 0.549. The molecule has 0 spiro atoms. The van der Waals surface area contributed by atoms with E-state index in [1.54, 1.807) is 0 Å². The van der Waals surface area contributed by atoms with Gasteiger partial charge in [-0.15, -0.1) is 0 Å². The molecule has 0 radical (unpaired) electrons. The first-order valence-electron chi connectivity index (χ1n) is 14.7. The first kappa shape index (κ1) is 27.7. The Labute approximate surface area is 208 Å². The molecule has 4 unspecified atom stereocenters. The molecule has 8 atom stereocenters. The van der Waals surface area contributed by atoms with Crippen LogP contribution in [0.25, 0.3) is 0 Å². The highest BCUT2D eigenvalue weighted by atomic mass is 28.4. The molecule has 33 heavy (non-hydrogen) atoms. The molecule has 3 aliphatic carbocycles. The number of rotatable bonds is 6. The standard InChI is InChI=1S/C30H58O2Si/c1-22-15-16-24(32-33(7,8)29(3,4)5)13-9-10-14-26-25(22)19-20-30(6)27(17-18-28(26)30)23(2)12-11-21-31/h22-28,31H,9-21H2,1-8H3/t22-,23+,24?,25?,26?,27+,28?,30+/m0/s1. The Kier molecular flexibility index (Phi) is 9.27. The minimum absolute atomic E-state index is 0.306. The van der Waals surface area contributed by atoms with Gasteiger partial charge in [0, 0.05) is 12.7 Å². The molecule has 3 aliphatic rings. The second-order valence-corrected chi connectivity index (χ2v) is 19.1. The SMILES string of the molecule is C[C@H](CCCO)[C@H]1CCC2C3CCCCC(O[Si](C)(C)C(C)(C)C)CC[C@H](C)C3CC[C@@]21C. The van der Waals surface area contributed by atoms with Crippen LogP contribution in [0.3, 0.4) is 0 Å². The van der Waals surface area contributed by atoms with E-state index in [-0.39, 0.29) is 0 Å². The molecule has 3 fully saturated rings. The van der Waals surface area contributed by atoms with Crippen LogP contribution in [0.5, 0.6) is 0 Å². The maximum absolute atomic E-state index is 9.36. The van der Waals surface area contributed by atoms with E-state index in [1.165, 1.54) is 70.6 Å². The molecule has 194 valence electrons. The van der Waals surface area contributed by atoms with Crippen molar-refractivity contribution in [3.8, 4) is 0 Å². The van der Waals surface area contributed by atoms with Crippen molar-refractivity contribution in [1.82, 2.24) is 0 Å². The molecule has 0 bridgehead atoms. The van der Waals surface area contributed by atoms with Gasteiger partial charge in [0.15, 0.2) is 8.32 Å². The van der Waals surface area contributed by atoms with Gasteiger partial charge in [-0.3, -0.25) is 0 Å². The van der Waals surface area contributed by atoms with Gasteiger partial charge in [-0.2, -0.15) is 0 Å². The van der Waals surface area contributed by atoms with Gasteiger partial charge in [0.1, 0.15) is 0 Å². The van der Waals surface area contributed by atoms with Crippen LogP contribution in [0.15, 0.2) is 0 Å². The van der Waals surface area contributed by atoms with Crippen molar-refractivity contribution in [2.24, 2.45) is 40.9 Å². The van der Waals surface area contributed by atoms with Crippen LogP contribution >= 0.6 is 0 Å². The molecule has 0 amide bonds. The fourth-order valence-electron chi connectivity index (χ4n) is 8.30. The summed E-state index contributed by atoms with van der Waals surface area (Å²) in [5, 5.41) is 9.67. The lowest BCUT2D eigenvalue weighted by Gasteiger charge is -2.52. The predicted octanol–water partition coefficient (Wildman–Crippen LogP) is 8.83. The topological polar surface area (TPSA) is 29.5 Å². The Balaban J connectivity index is 1.67. The van der Waals surface area contributed by atoms with Gasteiger partial charge in [-0.05, 0) is 123 Å². The van der Waals surface area contributed by atoms with Crippen LogP contribution in [-0.2, 0) is 4.43 Å². The smallest absolute Gasteiger partial charge is 0.192 e. The van der Waals surface area contributed by atoms with Gasteiger partial charge in [-0.25, -0.2) is 0 Å². The van der Waals surface area contributed by atoms with Gasteiger partial charge in [0.05, 0.1) is 0 Å². The average molecular weight is 479 g/mol. The molecular formula is C30H58O2Si. The van der Waals surface area contributed by atoms with Gasteiger partial charge in [-0.1, -0.05) is 54.4 Å². The summed E-state index contributed by atoms with van der Waals surface area (Å²) in [6, 6.07) is 0. The van der Waals surface area contributed by atoms with Crippen molar-refractivity contribution in [3.05, 3.63) is 0 Å². The highest BCUT2D eigenvalue weighted by Crippen LogP contribution is 2.63. The molecule has 0 heterocycles. The maximum Gasteiger partial charge on any atom is 0.192 e. The van der Waals surface area contributed by atoms with Crippen molar-refractivity contribution in [2.75, 3.05) is 6.61 Å². The fourth-order valence-corrected chi connectivity index (χ4v) is 9.72. The molecule has 0 aromatic heterocycles. The van der Waals surface area contributed by atoms with Crippen LogP contribution in [-0.4, -0.2) is 26.1 Å². The van der Waals surface area contributed by atoms with Crippen molar-refractivity contribution in [2.45, 2.75) is 143 Å². The summed E-state index contributed by atoms with van der Waals surface area (Å²) < 4.78 is 6.94. The lowest BCUT2D eigenvalue weighted by atomic mass is 9.53. The van der Waals surface area contributed by atoms with E-state index in [1.807, 2.05) is 0 Å². The van der Waals surface area contributed by atoms with Crippen molar-refractivity contribution < 1.29 is 9.53 Å². The Bertz CT molecular complexity index is 611. The third-order valence-corrected chi connectivity index (χ3v) is 15.9. The second kappa shape index (κ2) is 11.0. The zero-order valence-electron chi connectivity index (χ0n) is 23.6. The summed E-state index contributed by atoms with van der Waals surface area (Å²) in [6.07, 6.45) is 16.6. The lowest BCUT2D eigenvalue weighted by molar-refractivity contribution is -0.0297. The summed E-state index contributed by atoms with van der Waals surface area (Å²) >= 11 is 0. The van der Waals surface area contributed by atoms with Gasteiger partial charge in [0.2, 0.25) is 0 Å². The summed E-state index contributed by atoms with van der Waals surface area (Å²) in [7, 11) is -1.69. The molecule has 0 saturated heterocycles. The van der Waals surface area contributed by atoms with Gasteiger partial charge < -0.3 is 9.53 Å². The van der Waals surface area contributed by atoms with Crippen molar-refractivity contribution in [3.63, 3.8) is 0 Å². The second-order valence-electron chi connectivity index (χ2n) is 14.3. The lowest BCUT2D eigenvalue weighted by Crippen LogP contribution is -2.45. The average Bonchev–Trinajstić information content (AvgIpc) is 3.09. The molecule has 0 aromatic rings. The highest BCUT2D eigenvalue weighted by Gasteiger charge is 2.55. The minimum Gasteiger partial charge on any atom is -0.414 e. The normalized spacial score (nSPS) is 39.5. The fraction of sp³-hybridized carbons (Fsp3) is 1.00. The van der Waals surface area contributed by atoms with E-state index < -0.39 is 8.32 Å². The van der Waals surface area contributed by atoms with Crippen LogP contribution in [0, 0.1) is 40.9 Å². The van der Waals surface area contributed by atoms with E-state index in [0.29, 0.717) is 23.2 Å². The largest absolute Gasteiger partial charge is 0.414 e. The number of hydrogen-bond acceptors (Lipinski definition) is 2. The van der Waals surface area contributed by atoms with Crippen molar-refractivity contribution in [1.29, 1.82) is 0 Å². The third-order valence-electron chi connectivity index (χ3n) is 11.3. The molecule has 3 saturated carbocycles. The molecule has 3 rings (SSSR count). The highest BCUT2D eigenvalue weighted by molar-refractivity contribution is 6.74. The number of hydrogen-bond donors (Lipinski definition) is 1. The van der Waals surface area contributed by atoms with Gasteiger partial charge in [0.25, 0.3) is 0 Å². The zero-order valence-corrected chi connectivity index (χ0v) is 24.6. The quantitative estimate of drug-likeness (QED) is 0.386. The molecule has 1 N–H and O–H groups in total. The third kappa shape index (κ3) is 6.11. The van der Waals surface area contributed by atoms with E-state index in [0.717, 1.165) is 41.9 Å². The predicted molar refractivity (Wildman–Crippen MR) is 145 cm³/mol. The first-order valence-corrected chi connectivity index (χ1v) is 17.6. The van der Waals surface area contributed by atoms with Crippen LogP contribution in [0.2, 0.25) is 18.1 Å². The van der Waals surface area contributed by atoms with Gasteiger partial charge >= 0.3 is 0 Å². The number of aliphatic hydroxyl groups is 1. The number of aliphatic hydroxyl groups excluding tert-OH is 1. The summed E-state index contributed by atoms with van der Waals surface area (Å²) in [6.45, 7) is 20.1. The Morgan fingerprint density at radius 2 is 1.67 bits per heavy atom. The molecular weight excluding hydrogens is 420 g/mol. The Hall–Kier alpha value is 0.137. The van der Waals surface area contributed by atoms with E-state index >= 15 is 0 Å². The van der Waals surface area contributed by atoms with Crippen LogP contribution in [0.1, 0.15) is 119 Å². The molecule has 0 aromatic carbocycles. The molecule has 3 heteroatoms. The van der Waals surface area contributed by atoms with E-state index in [2.05, 4.69) is 54.6 Å². The van der Waals surface area contributed by atoms with Crippen LogP contribution < -0.4 is 0 Å². The van der Waals surface area contributed by atoms with Crippen LogP contribution in [0.4, 0.5) is 0 Å². The zero-order chi connectivity index (χ0) is 24.4. The van der Waals surface area contributed by atoms with E-state index in [9.17, 15) is 5.11 Å². The first-order chi connectivity index (χ1) is 15.4. The van der Waals surface area contributed by atoms with E-state index in [4.69, 9.17) is 4.43 Å². The minimum atomic E-state index is -1.69. The Morgan fingerprint density at radius 1 is 0.970 bits per heavy atom. The van der Waals surface area contributed by atoms with Crippen molar-refractivity contribution >= 4 is 8.32 Å². The molecule has 2 nitrogen and oxygen atoms in total. The molecule has 0 aliphatic heterocycles. The summed E-state index contributed by atoms with van der Waals surface area (Å²) in [4.78, 5) is 0. The summed E-state index contributed by atoms with van der Waals surface area (Å²) in [5.74, 6) is 5.32. The Morgan fingerprint density at radius 3 is 2.33 bits per heavy atom.